The molecular weight excluding hydrogens is 258 g/mol. The Morgan fingerprint density at radius 2 is 2.16 bits per heavy atom. The number of carbonyl (C=O) groups excluding carboxylic acids is 1. The van der Waals surface area contributed by atoms with Gasteiger partial charge in [-0.25, -0.2) is 0 Å². The Balaban J connectivity index is 1.83. The zero-order chi connectivity index (χ0) is 13.4. The van der Waals surface area contributed by atoms with E-state index in [1.54, 1.807) is 11.3 Å². The fraction of sp³-hybridized carbons (Fsp3) is 0.429. The first-order chi connectivity index (χ1) is 9.15. The smallest absolute Gasteiger partial charge is 0.265 e. The summed E-state index contributed by atoms with van der Waals surface area (Å²) in [7, 11) is 0. The Morgan fingerprint density at radius 3 is 2.84 bits per heavy atom. The van der Waals surface area contributed by atoms with Crippen LogP contribution in [-0.2, 0) is 12.8 Å². The third-order valence-electron chi connectivity index (χ3n) is 3.59. The summed E-state index contributed by atoms with van der Waals surface area (Å²) in [6, 6.07) is 2.05. The molecule has 0 radical (unpaired) electrons. The molecule has 0 aliphatic heterocycles. The molecule has 0 spiro atoms. The summed E-state index contributed by atoms with van der Waals surface area (Å²) in [5.41, 5.74) is 3.89. The van der Waals surface area contributed by atoms with Gasteiger partial charge in [-0.1, -0.05) is 0 Å². The minimum absolute atomic E-state index is 0.0213. The third-order valence-corrected chi connectivity index (χ3v) is 4.82. The predicted molar refractivity (Wildman–Crippen MR) is 77.0 cm³/mol. The zero-order valence-corrected chi connectivity index (χ0v) is 12.0. The summed E-state index contributed by atoms with van der Waals surface area (Å²) in [4.78, 5) is 14.5. The number of hydrogen-bond donors (Lipinski definition) is 2. The van der Waals surface area contributed by atoms with E-state index in [0.29, 0.717) is 0 Å². The minimum Gasteiger partial charge on any atom is -0.318 e. The van der Waals surface area contributed by atoms with E-state index in [0.717, 1.165) is 34.8 Å². The molecule has 19 heavy (non-hydrogen) atoms. The monoisotopic (exact) mass is 275 g/mol. The van der Waals surface area contributed by atoms with Crippen molar-refractivity contribution in [2.75, 3.05) is 5.32 Å². The Morgan fingerprint density at radius 1 is 1.37 bits per heavy atom. The second kappa shape index (κ2) is 4.81. The molecule has 5 heteroatoms. The average Bonchev–Trinajstić information content (AvgIpc) is 2.97. The fourth-order valence-electron chi connectivity index (χ4n) is 2.51. The summed E-state index contributed by atoms with van der Waals surface area (Å²) >= 11 is 1.63. The highest BCUT2D eigenvalue weighted by molar-refractivity contribution is 7.14. The summed E-state index contributed by atoms with van der Waals surface area (Å²) in [5, 5.41) is 9.93. The molecule has 2 aromatic heterocycles. The first-order valence-electron chi connectivity index (χ1n) is 6.59. The van der Waals surface area contributed by atoms with Crippen molar-refractivity contribution in [1.29, 1.82) is 0 Å². The number of rotatable bonds is 2. The van der Waals surface area contributed by atoms with Crippen LogP contribution in [0.3, 0.4) is 0 Å². The second-order valence-corrected chi connectivity index (χ2v) is 6.17. The predicted octanol–water partition coefficient (Wildman–Crippen LogP) is 3.22. The van der Waals surface area contributed by atoms with Gasteiger partial charge in [-0.15, -0.1) is 11.3 Å². The van der Waals surface area contributed by atoms with Crippen LogP contribution in [0.25, 0.3) is 0 Å². The molecule has 1 amide bonds. The van der Waals surface area contributed by atoms with Gasteiger partial charge in [-0.05, 0) is 51.2 Å². The Kier molecular flexibility index (Phi) is 3.14. The lowest BCUT2D eigenvalue weighted by atomic mass is 9.99. The maximum absolute atomic E-state index is 12.3. The molecule has 0 bridgehead atoms. The van der Waals surface area contributed by atoms with Gasteiger partial charge in [-0.3, -0.25) is 9.89 Å². The molecule has 4 nitrogen and oxygen atoms in total. The fourth-order valence-corrected chi connectivity index (χ4v) is 3.66. The van der Waals surface area contributed by atoms with Crippen LogP contribution in [0.5, 0.6) is 0 Å². The molecule has 0 atom stereocenters. The van der Waals surface area contributed by atoms with Crippen molar-refractivity contribution in [2.24, 2.45) is 0 Å². The molecule has 2 heterocycles. The van der Waals surface area contributed by atoms with Crippen LogP contribution in [-0.4, -0.2) is 16.1 Å². The van der Waals surface area contributed by atoms with Gasteiger partial charge < -0.3 is 5.32 Å². The quantitative estimate of drug-likeness (QED) is 0.884. The highest BCUT2D eigenvalue weighted by Gasteiger charge is 2.18. The highest BCUT2D eigenvalue weighted by Crippen LogP contribution is 2.30. The molecule has 100 valence electrons. The van der Waals surface area contributed by atoms with Gasteiger partial charge in [0, 0.05) is 4.88 Å². The van der Waals surface area contributed by atoms with E-state index in [2.05, 4.69) is 21.6 Å². The average molecular weight is 275 g/mol. The lowest BCUT2D eigenvalue weighted by Gasteiger charge is -2.08. The maximum Gasteiger partial charge on any atom is 0.265 e. The first-order valence-corrected chi connectivity index (χ1v) is 7.41. The van der Waals surface area contributed by atoms with Crippen molar-refractivity contribution in [3.05, 3.63) is 32.8 Å². The topological polar surface area (TPSA) is 57.8 Å². The van der Waals surface area contributed by atoms with Gasteiger partial charge in [0.05, 0.1) is 22.0 Å². The van der Waals surface area contributed by atoms with Gasteiger partial charge in [0.2, 0.25) is 0 Å². The summed E-state index contributed by atoms with van der Waals surface area (Å²) in [6.07, 6.45) is 4.72. The van der Waals surface area contributed by atoms with E-state index in [1.807, 2.05) is 13.8 Å². The minimum atomic E-state index is -0.0213. The van der Waals surface area contributed by atoms with Gasteiger partial charge in [0.1, 0.15) is 0 Å². The molecule has 1 aliphatic carbocycles. The largest absolute Gasteiger partial charge is 0.318 e. The number of hydrogen-bond acceptors (Lipinski definition) is 3. The summed E-state index contributed by atoms with van der Waals surface area (Å²) in [5.74, 6) is -0.0213. The van der Waals surface area contributed by atoms with E-state index in [4.69, 9.17) is 0 Å². The van der Waals surface area contributed by atoms with E-state index in [1.165, 1.54) is 23.3 Å². The van der Waals surface area contributed by atoms with Crippen LogP contribution in [0.1, 0.15) is 44.3 Å². The van der Waals surface area contributed by atoms with Crippen molar-refractivity contribution in [2.45, 2.75) is 39.5 Å². The van der Waals surface area contributed by atoms with Crippen LogP contribution in [0, 0.1) is 13.8 Å². The van der Waals surface area contributed by atoms with E-state index >= 15 is 0 Å². The molecule has 0 saturated carbocycles. The van der Waals surface area contributed by atoms with E-state index < -0.39 is 0 Å². The number of anilines is 1. The van der Waals surface area contributed by atoms with Crippen molar-refractivity contribution in [3.8, 4) is 0 Å². The number of amides is 1. The van der Waals surface area contributed by atoms with Crippen LogP contribution in [0.2, 0.25) is 0 Å². The Labute approximate surface area is 116 Å². The van der Waals surface area contributed by atoms with Crippen molar-refractivity contribution in [1.82, 2.24) is 10.2 Å². The number of carbonyl (C=O) groups is 1. The lowest BCUT2D eigenvalue weighted by Crippen LogP contribution is -2.11. The number of thiophene rings is 1. The molecule has 3 rings (SSSR count). The summed E-state index contributed by atoms with van der Waals surface area (Å²) < 4.78 is 0. The maximum atomic E-state index is 12.3. The number of aryl methyl sites for hydroxylation is 4. The molecule has 0 aromatic carbocycles. The van der Waals surface area contributed by atoms with Crippen molar-refractivity contribution >= 4 is 22.9 Å². The zero-order valence-electron chi connectivity index (χ0n) is 11.2. The molecule has 0 unspecified atom stereocenters. The number of fused-ring (bicyclic) bond motifs is 1. The van der Waals surface area contributed by atoms with Gasteiger partial charge in [-0.2, -0.15) is 5.10 Å². The van der Waals surface area contributed by atoms with Gasteiger partial charge >= 0.3 is 0 Å². The van der Waals surface area contributed by atoms with Crippen LogP contribution < -0.4 is 5.32 Å². The van der Waals surface area contributed by atoms with Crippen LogP contribution in [0.4, 0.5) is 5.69 Å². The second-order valence-electron chi connectivity index (χ2n) is 5.03. The summed E-state index contributed by atoms with van der Waals surface area (Å²) in [6.45, 7) is 3.80. The third kappa shape index (κ3) is 2.30. The number of aromatic nitrogens is 2. The lowest BCUT2D eigenvalue weighted by molar-refractivity contribution is 0.103. The molecule has 0 fully saturated rings. The molecule has 2 aromatic rings. The van der Waals surface area contributed by atoms with Gasteiger partial charge in [0.15, 0.2) is 0 Å². The highest BCUT2D eigenvalue weighted by atomic mass is 32.1. The van der Waals surface area contributed by atoms with E-state index in [9.17, 15) is 4.79 Å². The van der Waals surface area contributed by atoms with Crippen LogP contribution >= 0.6 is 11.3 Å². The van der Waals surface area contributed by atoms with Gasteiger partial charge in [0.25, 0.3) is 5.91 Å². The molecular formula is C14H17N3OS. The number of nitrogens with zero attached hydrogens (tertiary/aromatic N) is 1. The van der Waals surface area contributed by atoms with Crippen molar-refractivity contribution in [3.63, 3.8) is 0 Å². The first kappa shape index (κ1) is 12.4. The number of H-pyrrole nitrogens is 1. The SMILES string of the molecule is Cc1n[nH]c(C)c1NC(=O)c1cc2c(s1)CCCC2. The molecule has 0 saturated heterocycles. The molecule has 2 N–H and O–H groups in total. The standard InChI is InChI=1S/C14H17N3OS/c1-8-13(9(2)17-16-8)15-14(18)12-7-10-5-3-4-6-11(10)19-12/h7H,3-6H2,1-2H3,(H,15,18)(H,16,17). The Hall–Kier alpha value is -1.62. The van der Waals surface area contributed by atoms with Crippen molar-refractivity contribution < 1.29 is 4.79 Å². The normalized spacial score (nSPS) is 14.2. The van der Waals surface area contributed by atoms with Crippen LogP contribution in [0.15, 0.2) is 6.07 Å². The van der Waals surface area contributed by atoms with E-state index in [-0.39, 0.29) is 5.91 Å². The number of aromatic amines is 1. The Bertz CT molecular complexity index is 584. The number of nitrogens with one attached hydrogen (secondary N) is 2. The molecule has 1 aliphatic rings.